The van der Waals surface area contributed by atoms with Crippen molar-refractivity contribution < 1.29 is 13.9 Å². The fourth-order valence-electron chi connectivity index (χ4n) is 3.03. The van der Waals surface area contributed by atoms with E-state index >= 15 is 0 Å². The number of carbonyl (C=O) groups excluding carboxylic acids is 1. The van der Waals surface area contributed by atoms with Gasteiger partial charge in [-0.05, 0) is 31.1 Å². The van der Waals surface area contributed by atoms with Gasteiger partial charge in [0.2, 0.25) is 4.80 Å². The topological polar surface area (TPSA) is 51.8 Å². The summed E-state index contributed by atoms with van der Waals surface area (Å²) in [6.45, 7) is 3.21. The van der Waals surface area contributed by atoms with Crippen molar-refractivity contribution in [3.05, 3.63) is 32.8 Å². The van der Waals surface area contributed by atoms with E-state index in [1.165, 1.54) is 17.4 Å². The number of ether oxygens (including phenoxy) is 1. The molecule has 26 heavy (non-hydrogen) atoms. The summed E-state index contributed by atoms with van der Waals surface area (Å²) in [7, 11) is 0. The molecule has 2 aliphatic rings. The molecule has 0 N–H and O–H groups in total. The van der Waals surface area contributed by atoms with Crippen LogP contribution in [0.25, 0.3) is 6.20 Å². The molecule has 0 atom stereocenters. The molecule has 1 aromatic heterocycles. The van der Waals surface area contributed by atoms with Gasteiger partial charge in [0.1, 0.15) is 11.4 Å². The van der Waals surface area contributed by atoms with Gasteiger partial charge in [-0.2, -0.15) is 0 Å². The summed E-state index contributed by atoms with van der Waals surface area (Å²) in [5, 5.41) is 0. The first kappa shape index (κ1) is 17.2. The quantitative estimate of drug-likeness (QED) is 0.752. The van der Waals surface area contributed by atoms with Crippen LogP contribution in [-0.2, 0) is 11.3 Å². The van der Waals surface area contributed by atoms with Crippen LogP contribution in [-0.4, -0.2) is 28.4 Å². The van der Waals surface area contributed by atoms with Crippen LogP contribution < -0.4 is 14.4 Å². The summed E-state index contributed by atoms with van der Waals surface area (Å²) in [5.41, 5.74) is 0.731. The van der Waals surface area contributed by atoms with Gasteiger partial charge < -0.3 is 9.64 Å². The van der Waals surface area contributed by atoms with Crippen LogP contribution in [0.2, 0.25) is 0 Å². The molecule has 3 heterocycles. The largest absolute Gasteiger partial charge is 0.481 e. The highest BCUT2D eigenvalue weighted by molar-refractivity contribution is 7.73. The minimum Gasteiger partial charge on any atom is -0.481 e. The van der Waals surface area contributed by atoms with Crippen molar-refractivity contribution >= 4 is 47.0 Å². The molecule has 9 heteroatoms. The molecule has 1 amide bonds. The van der Waals surface area contributed by atoms with Crippen LogP contribution in [0.5, 0.6) is 5.75 Å². The number of benzene rings is 1. The van der Waals surface area contributed by atoms with Crippen molar-refractivity contribution in [2.45, 2.75) is 26.3 Å². The number of hydrogen-bond donors (Lipinski definition) is 0. The molecule has 0 saturated carbocycles. The van der Waals surface area contributed by atoms with E-state index in [0.29, 0.717) is 26.7 Å². The molecule has 0 saturated heterocycles. The lowest BCUT2D eigenvalue weighted by Crippen LogP contribution is -2.39. The highest BCUT2D eigenvalue weighted by Crippen LogP contribution is 2.37. The maximum atomic E-state index is 14.6. The second-order valence-electron chi connectivity index (χ2n) is 6.01. The number of carbonyl (C=O) groups is 1. The number of anilines is 1. The molecule has 136 valence electrons. The predicted molar refractivity (Wildman–Crippen MR) is 101 cm³/mol. The molecule has 1 aromatic carbocycles. The number of fused-ring (bicyclic) bond motifs is 2. The highest BCUT2D eigenvalue weighted by Gasteiger charge is 2.26. The molecule has 0 unspecified atom stereocenters. The van der Waals surface area contributed by atoms with Crippen molar-refractivity contribution in [3.63, 3.8) is 0 Å². The van der Waals surface area contributed by atoms with Crippen molar-refractivity contribution in [2.24, 2.45) is 4.99 Å². The minimum atomic E-state index is -0.487. The zero-order valence-electron chi connectivity index (χ0n) is 14.1. The summed E-state index contributed by atoms with van der Waals surface area (Å²) in [4.78, 5) is 18.9. The maximum Gasteiger partial charge on any atom is 0.265 e. The standard InChI is InChI=1S/C17H17FN4O2S2/c1-2-5-20-13-9-12(11(18)8-14(13)24-10-15(20)23)19-16-21-6-3-4-7-22(21)17(25)26-16/h4,7-9H,2-3,5-6,10H2,1H3. The molecule has 4 rings (SSSR count). The second-order valence-corrected chi connectivity index (χ2v) is 7.61. The van der Waals surface area contributed by atoms with Crippen molar-refractivity contribution in [3.8, 4) is 5.75 Å². The van der Waals surface area contributed by atoms with Gasteiger partial charge in [-0.3, -0.25) is 9.48 Å². The van der Waals surface area contributed by atoms with Gasteiger partial charge in [-0.25, -0.2) is 14.1 Å². The normalized spacial score (nSPS) is 16.5. The summed E-state index contributed by atoms with van der Waals surface area (Å²) >= 11 is 6.68. The number of hydrogen-bond acceptors (Lipinski definition) is 5. The summed E-state index contributed by atoms with van der Waals surface area (Å²) in [5.74, 6) is -0.246. The average Bonchev–Trinajstić information content (AvgIpc) is 2.95. The van der Waals surface area contributed by atoms with Gasteiger partial charge in [0, 0.05) is 25.4 Å². The van der Waals surface area contributed by atoms with Crippen LogP contribution in [0.4, 0.5) is 15.8 Å². The Kier molecular flexibility index (Phi) is 4.49. The number of amides is 1. The van der Waals surface area contributed by atoms with Crippen LogP contribution in [0.1, 0.15) is 19.8 Å². The minimum absolute atomic E-state index is 0.0699. The first-order valence-corrected chi connectivity index (χ1v) is 9.61. The van der Waals surface area contributed by atoms with Gasteiger partial charge in [-0.1, -0.05) is 24.3 Å². The lowest BCUT2D eigenvalue weighted by atomic mass is 10.2. The lowest BCUT2D eigenvalue weighted by Gasteiger charge is -2.29. The van der Waals surface area contributed by atoms with E-state index in [-0.39, 0.29) is 18.2 Å². The number of halogens is 1. The Balaban J connectivity index is 1.85. The van der Waals surface area contributed by atoms with Gasteiger partial charge in [0.15, 0.2) is 16.4 Å². The van der Waals surface area contributed by atoms with E-state index in [4.69, 9.17) is 17.0 Å². The Bertz CT molecular complexity index is 1030. The fraction of sp³-hybridized carbons (Fsp3) is 0.353. The van der Waals surface area contributed by atoms with Crippen LogP contribution >= 0.6 is 23.6 Å². The van der Waals surface area contributed by atoms with Gasteiger partial charge in [0.05, 0.1) is 5.69 Å². The smallest absolute Gasteiger partial charge is 0.265 e. The van der Waals surface area contributed by atoms with Crippen molar-refractivity contribution in [1.82, 2.24) is 9.36 Å². The summed E-state index contributed by atoms with van der Waals surface area (Å²) in [6, 6.07) is 2.88. The Labute approximate surface area is 158 Å². The van der Waals surface area contributed by atoms with E-state index in [2.05, 4.69) is 4.99 Å². The van der Waals surface area contributed by atoms with Crippen molar-refractivity contribution in [1.29, 1.82) is 0 Å². The predicted octanol–water partition coefficient (Wildman–Crippen LogP) is 3.46. The average molecular weight is 392 g/mol. The molecule has 2 aliphatic heterocycles. The Morgan fingerprint density at radius 3 is 3.08 bits per heavy atom. The molecule has 2 aromatic rings. The first-order valence-electron chi connectivity index (χ1n) is 8.39. The zero-order chi connectivity index (χ0) is 18.3. The third-order valence-corrected chi connectivity index (χ3v) is 5.52. The van der Waals surface area contributed by atoms with E-state index in [1.54, 1.807) is 11.0 Å². The van der Waals surface area contributed by atoms with Crippen molar-refractivity contribution in [2.75, 3.05) is 18.1 Å². The van der Waals surface area contributed by atoms with E-state index in [9.17, 15) is 9.18 Å². The molecule has 0 radical (unpaired) electrons. The molecular formula is C17H17FN4O2S2. The van der Waals surface area contributed by atoms with E-state index in [1.807, 2.05) is 28.6 Å². The third-order valence-electron chi connectivity index (χ3n) is 4.24. The maximum absolute atomic E-state index is 14.6. The van der Waals surface area contributed by atoms with Crippen LogP contribution in [0.15, 0.2) is 23.2 Å². The highest BCUT2D eigenvalue weighted by atomic mass is 32.1. The molecular weight excluding hydrogens is 375 g/mol. The monoisotopic (exact) mass is 392 g/mol. The Morgan fingerprint density at radius 1 is 1.42 bits per heavy atom. The number of aromatic nitrogens is 2. The van der Waals surface area contributed by atoms with Crippen LogP contribution in [0.3, 0.4) is 0 Å². The molecule has 0 spiro atoms. The molecule has 0 fully saturated rings. The van der Waals surface area contributed by atoms with E-state index < -0.39 is 5.82 Å². The van der Waals surface area contributed by atoms with E-state index in [0.717, 1.165) is 19.4 Å². The summed E-state index contributed by atoms with van der Waals surface area (Å²) in [6.07, 6.45) is 5.61. The zero-order valence-corrected chi connectivity index (χ0v) is 15.8. The number of nitrogens with zero attached hydrogens (tertiary/aromatic N) is 4. The van der Waals surface area contributed by atoms with Gasteiger partial charge in [-0.15, -0.1) is 0 Å². The Hall–Kier alpha value is -2.26. The number of rotatable bonds is 3. The van der Waals surface area contributed by atoms with Gasteiger partial charge in [0.25, 0.3) is 5.91 Å². The molecule has 6 nitrogen and oxygen atoms in total. The SMILES string of the molecule is CCCN1C(=O)COc2cc(F)c(N=c3sc(=S)n4n3CCC=C4)cc21. The Morgan fingerprint density at radius 2 is 2.27 bits per heavy atom. The number of allylic oxidation sites excluding steroid dienone is 1. The molecule has 0 aliphatic carbocycles. The first-order chi connectivity index (χ1) is 12.6. The van der Waals surface area contributed by atoms with Crippen LogP contribution in [0, 0.1) is 9.77 Å². The second kappa shape index (κ2) is 6.81. The third kappa shape index (κ3) is 2.90. The molecule has 0 bridgehead atoms. The lowest BCUT2D eigenvalue weighted by molar-refractivity contribution is -0.121. The summed E-state index contributed by atoms with van der Waals surface area (Å²) < 4.78 is 24.4. The fourth-order valence-corrected chi connectivity index (χ4v) is 4.25. The van der Waals surface area contributed by atoms with Gasteiger partial charge >= 0.3 is 0 Å².